The van der Waals surface area contributed by atoms with Crippen LogP contribution in [-0.4, -0.2) is 28.8 Å². The standard InChI is InChI=1S/C10H10F3NO3/c11-10(12,13)4-5-14-9(17)8-6(15)2-1-3-7(8)16/h1-3,15-16H,4-5H2,(H,14,17). The Kier molecular flexibility index (Phi) is 3.82. The number of halogens is 3. The van der Waals surface area contributed by atoms with Gasteiger partial charge in [0.25, 0.3) is 5.91 Å². The maximum Gasteiger partial charge on any atom is 0.390 e. The average molecular weight is 249 g/mol. The van der Waals surface area contributed by atoms with Gasteiger partial charge in [-0.05, 0) is 12.1 Å². The van der Waals surface area contributed by atoms with Crippen molar-refractivity contribution < 1.29 is 28.2 Å². The molecular weight excluding hydrogens is 239 g/mol. The molecule has 0 aliphatic carbocycles. The van der Waals surface area contributed by atoms with E-state index in [1.807, 2.05) is 5.32 Å². The van der Waals surface area contributed by atoms with E-state index in [9.17, 15) is 28.2 Å². The Balaban J connectivity index is 2.65. The lowest BCUT2D eigenvalue weighted by atomic mass is 10.1. The molecular formula is C10H10F3NO3. The average Bonchev–Trinajstić information content (AvgIpc) is 2.15. The maximum atomic E-state index is 11.8. The summed E-state index contributed by atoms with van der Waals surface area (Å²) in [5.74, 6) is -1.94. The normalized spacial score (nSPS) is 11.2. The molecule has 0 aliphatic rings. The fraction of sp³-hybridized carbons (Fsp3) is 0.300. The number of phenolic OH excluding ortho intramolecular Hbond substituents is 2. The van der Waals surface area contributed by atoms with Crippen molar-refractivity contribution in [2.24, 2.45) is 0 Å². The molecule has 7 heteroatoms. The monoisotopic (exact) mass is 249 g/mol. The van der Waals surface area contributed by atoms with Gasteiger partial charge in [-0.1, -0.05) is 6.07 Å². The summed E-state index contributed by atoms with van der Waals surface area (Å²) in [6.45, 7) is -0.615. The van der Waals surface area contributed by atoms with Crippen LogP contribution in [0, 0.1) is 0 Å². The van der Waals surface area contributed by atoms with Gasteiger partial charge in [-0.15, -0.1) is 0 Å². The van der Waals surface area contributed by atoms with E-state index in [0.29, 0.717) is 0 Å². The van der Waals surface area contributed by atoms with Crippen LogP contribution >= 0.6 is 0 Å². The van der Waals surface area contributed by atoms with E-state index in [4.69, 9.17) is 0 Å². The molecule has 0 aliphatic heterocycles. The van der Waals surface area contributed by atoms with Crippen molar-refractivity contribution in [3.8, 4) is 11.5 Å². The van der Waals surface area contributed by atoms with Crippen molar-refractivity contribution >= 4 is 5.91 Å². The number of phenols is 2. The van der Waals surface area contributed by atoms with Crippen LogP contribution in [0.4, 0.5) is 13.2 Å². The van der Waals surface area contributed by atoms with Gasteiger partial charge in [0.05, 0.1) is 6.42 Å². The summed E-state index contributed by atoms with van der Waals surface area (Å²) in [6.07, 6.45) is -5.54. The van der Waals surface area contributed by atoms with Crippen molar-refractivity contribution in [1.29, 1.82) is 0 Å². The molecule has 0 saturated heterocycles. The Bertz CT molecular complexity index is 397. The molecule has 1 aromatic rings. The molecule has 0 radical (unpaired) electrons. The number of amides is 1. The summed E-state index contributed by atoms with van der Waals surface area (Å²) >= 11 is 0. The van der Waals surface area contributed by atoms with Crippen LogP contribution < -0.4 is 5.32 Å². The molecule has 0 aromatic heterocycles. The molecule has 0 unspecified atom stereocenters. The molecule has 0 saturated carbocycles. The number of nitrogens with one attached hydrogen (secondary N) is 1. The van der Waals surface area contributed by atoms with Crippen LogP contribution in [-0.2, 0) is 0 Å². The quantitative estimate of drug-likeness (QED) is 0.764. The molecule has 4 nitrogen and oxygen atoms in total. The molecule has 0 atom stereocenters. The lowest BCUT2D eigenvalue weighted by Crippen LogP contribution is -2.28. The van der Waals surface area contributed by atoms with E-state index in [1.54, 1.807) is 0 Å². The zero-order valence-corrected chi connectivity index (χ0v) is 8.58. The van der Waals surface area contributed by atoms with E-state index in [-0.39, 0.29) is 0 Å². The first-order valence-corrected chi connectivity index (χ1v) is 4.67. The van der Waals surface area contributed by atoms with E-state index < -0.39 is 42.1 Å². The number of rotatable bonds is 3. The van der Waals surface area contributed by atoms with Crippen LogP contribution in [0.3, 0.4) is 0 Å². The SMILES string of the molecule is O=C(NCCC(F)(F)F)c1c(O)cccc1O. The van der Waals surface area contributed by atoms with E-state index in [2.05, 4.69) is 0 Å². The van der Waals surface area contributed by atoms with E-state index in [0.717, 1.165) is 12.1 Å². The fourth-order valence-electron chi connectivity index (χ4n) is 1.17. The number of aromatic hydroxyl groups is 2. The molecule has 0 spiro atoms. The number of benzene rings is 1. The Morgan fingerprint density at radius 2 is 1.76 bits per heavy atom. The minimum absolute atomic E-state index is 0.435. The zero-order valence-electron chi connectivity index (χ0n) is 8.58. The van der Waals surface area contributed by atoms with Crippen LogP contribution in [0.15, 0.2) is 18.2 Å². The molecule has 1 amide bonds. The van der Waals surface area contributed by atoms with Crippen LogP contribution in [0.1, 0.15) is 16.8 Å². The Labute approximate surface area is 94.7 Å². The van der Waals surface area contributed by atoms with Gasteiger partial charge in [-0.25, -0.2) is 0 Å². The topological polar surface area (TPSA) is 69.6 Å². The highest BCUT2D eigenvalue weighted by Gasteiger charge is 2.27. The second-order valence-corrected chi connectivity index (χ2v) is 3.29. The third-order valence-electron chi connectivity index (χ3n) is 1.94. The van der Waals surface area contributed by atoms with Gasteiger partial charge in [0, 0.05) is 6.54 Å². The summed E-state index contributed by atoms with van der Waals surface area (Å²) in [4.78, 5) is 11.4. The number of carbonyl (C=O) groups excluding carboxylic acids is 1. The summed E-state index contributed by atoms with van der Waals surface area (Å²) in [5.41, 5.74) is -0.435. The van der Waals surface area contributed by atoms with Gasteiger partial charge < -0.3 is 15.5 Å². The van der Waals surface area contributed by atoms with Gasteiger partial charge >= 0.3 is 6.18 Å². The number of alkyl halides is 3. The number of carbonyl (C=O) groups is 1. The molecule has 3 N–H and O–H groups in total. The Hall–Kier alpha value is -1.92. The summed E-state index contributed by atoms with van der Waals surface area (Å²) < 4.78 is 35.5. The number of hydrogen-bond acceptors (Lipinski definition) is 3. The van der Waals surface area contributed by atoms with Crippen LogP contribution in [0.25, 0.3) is 0 Å². The molecule has 17 heavy (non-hydrogen) atoms. The summed E-state index contributed by atoms with van der Waals surface area (Å²) in [5, 5.41) is 20.5. The Morgan fingerprint density at radius 1 is 1.24 bits per heavy atom. The lowest BCUT2D eigenvalue weighted by molar-refractivity contribution is -0.132. The first kappa shape index (κ1) is 13.1. The minimum atomic E-state index is -4.37. The number of hydrogen-bond donors (Lipinski definition) is 3. The fourth-order valence-corrected chi connectivity index (χ4v) is 1.17. The highest BCUT2D eigenvalue weighted by atomic mass is 19.4. The van der Waals surface area contributed by atoms with Gasteiger partial charge in [0.15, 0.2) is 0 Å². The first-order chi connectivity index (χ1) is 7.81. The largest absolute Gasteiger partial charge is 0.507 e. The second-order valence-electron chi connectivity index (χ2n) is 3.29. The second kappa shape index (κ2) is 4.94. The third kappa shape index (κ3) is 3.86. The highest BCUT2D eigenvalue weighted by Crippen LogP contribution is 2.26. The maximum absolute atomic E-state index is 11.8. The predicted octanol–water partition coefficient (Wildman–Crippen LogP) is 1.78. The lowest BCUT2D eigenvalue weighted by Gasteiger charge is -2.09. The zero-order chi connectivity index (χ0) is 13.1. The molecule has 0 bridgehead atoms. The van der Waals surface area contributed by atoms with Crippen molar-refractivity contribution in [3.05, 3.63) is 23.8 Å². The van der Waals surface area contributed by atoms with E-state index in [1.165, 1.54) is 6.07 Å². The summed E-state index contributed by atoms with van der Waals surface area (Å²) in [6, 6.07) is 3.61. The van der Waals surface area contributed by atoms with Gasteiger partial charge in [-0.3, -0.25) is 4.79 Å². The smallest absolute Gasteiger partial charge is 0.390 e. The molecule has 1 aromatic carbocycles. The first-order valence-electron chi connectivity index (χ1n) is 4.67. The highest BCUT2D eigenvalue weighted by molar-refractivity contribution is 5.99. The molecule has 1 rings (SSSR count). The van der Waals surface area contributed by atoms with Gasteiger partial charge in [0.2, 0.25) is 0 Å². The van der Waals surface area contributed by atoms with Crippen LogP contribution in [0.5, 0.6) is 11.5 Å². The van der Waals surface area contributed by atoms with Crippen molar-refractivity contribution in [1.82, 2.24) is 5.32 Å². The van der Waals surface area contributed by atoms with Gasteiger partial charge in [-0.2, -0.15) is 13.2 Å². The molecule has 0 heterocycles. The van der Waals surface area contributed by atoms with Crippen molar-refractivity contribution in [2.75, 3.05) is 6.54 Å². The van der Waals surface area contributed by atoms with Crippen molar-refractivity contribution in [3.63, 3.8) is 0 Å². The minimum Gasteiger partial charge on any atom is -0.507 e. The Morgan fingerprint density at radius 3 is 2.24 bits per heavy atom. The van der Waals surface area contributed by atoms with E-state index >= 15 is 0 Å². The third-order valence-corrected chi connectivity index (χ3v) is 1.94. The van der Waals surface area contributed by atoms with Crippen molar-refractivity contribution in [2.45, 2.75) is 12.6 Å². The predicted molar refractivity (Wildman–Crippen MR) is 52.8 cm³/mol. The molecule has 0 fully saturated rings. The van der Waals surface area contributed by atoms with Gasteiger partial charge in [0.1, 0.15) is 17.1 Å². The summed E-state index contributed by atoms with van der Waals surface area (Å²) in [7, 11) is 0. The molecule has 94 valence electrons. The van der Waals surface area contributed by atoms with Crippen LogP contribution in [0.2, 0.25) is 0 Å².